The average Bonchev–Trinajstić information content (AvgIpc) is 2.77. The van der Waals surface area contributed by atoms with E-state index in [1.165, 1.54) is 12.1 Å². The van der Waals surface area contributed by atoms with Gasteiger partial charge in [0.25, 0.3) is 0 Å². The highest BCUT2D eigenvalue weighted by Gasteiger charge is 1.99. The van der Waals surface area contributed by atoms with Crippen molar-refractivity contribution in [2.45, 2.75) is 26.4 Å². The predicted molar refractivity (Wildman–Crippen MR) is 69.1 cm³/mol. The predicted octanol–water partition coefficient (Wildman–Crippen LogP) is 1.65. The highest BCUT2D eigenvalue weighted by Crippen LogP contribution is 2.02. The molecule has 1 rings (SSSR count). The molecule has 0 amide bonds. The Balaban J connectivity index is 2.20. The van der Waals surface area contributed by atoms with Crippen molar-refractivity contribution in [1.29, 1.82) is 0 Å². The summed E-state index contributed by atoms with van der Waals surface area (Å²) >= 11 is 0. The molecule has 0 aliphatic carbocycles. The van der Waals surface area contributed by atoms with Gasteiger partial charge in [-0.1, -0.05) is 6.92 Å². The van der Waals surface area contributed by atoms with E-state index in [9.17, 15) is 0 Å². The molecule has 1 aromatic heterocycles. The molecule has 0 aliphatic rings. The van der Waals surface area contributed by atoms with Gasteiger partial charge in [0.1, 0.15) is 0 Å². The zero-order valence-electron chi connectivity index (χ0n) is 10.9. The van der Waals surface area contributed by atoms with Gasteiger partial charge in [-0.15, -0.1) is 0 Å². The maximum Gasteiger partial charge on any atom is 0.0701 e. The van der Waals surface area contributed by atoms with Crippen molar-refractivity contribution in [3.63, 3.8) is 0 Å². The number of hydrogen-bond donors (Lipinski definition) is 1. The lowest BCUT2D eigenvalue weighted by molar-refractivity contribution is 0.0663. The van der Waals surface area contributed by atoms with E-state index in [-0.39, 0.29) is 0 Å². The SMILES string of the molecule is CCCNCc1cccn1CCOCCOC. The lowest BCUT2D eigenvalue weighted by Gasteiger charge is -2.10. The lowest BCUT2D eigenvalue weighted by Crippen LogP contribution is -2.18. The Morgan fingerprint density at radius 1 is 1.29 bits per heavy atom. The lowest BCUT2D eigenvalue weighted by atomic mass is 10.4. The average molecular weight is 240 g/mol. The van der Waals surface area contributed by atoms with Crippen molar-refractivity contribution < 1.29 is 9.47 Å². The van der Waals surface area contributed by atoms with Gasteiger partial charge in [0, 0.05) is 32.1 Å². The van der Waals surface area contributed by atoms with Crippen LogP contribution in [0, 0.1) is 0 Å². The van der Waals surface area contributed by atoms with Crippen molar-refractivity contribution in [2.24, 2.45) is 0 Å². The molecule has 0 atom stereocenters. The Bertz CT molecular complexity index is 287. The maximum absolute atomic E-state index is 5.46. The number of ether oxygens (including phenoxy) is 2. The van der Waals surface area contributed by atoms with Crippen LogP contribution in [0.15, 0.2) is 18.3 Å². The molecular weight excluding hydrogens is 216 g/mol. The van der Waals surface area contributed by atoms with Gasteiger partial charge < -0.3 is 19.4 Å². The summed E-state index contributed by atoms with van der Waals surface area (Å²) in [5, 5.41) is 3.41. The monoisotopic (exact) mass is 240 g/mol. The van der Waals surface area contributed by atoms with Crippen LogP contribution < -0.4 is 5.32 Å². The van der Waals surface area contributed by atoms with Gasteiger partial charge in [0.2, 0.25) is 0 Å². The van der Waals surface area contributed by atoms with Crippen LogP contribution in [0.2, 0.25) is 0 Å². The molecule has 0 saturated heterocycles. The molecule has 4 nitrogen and oxygen atoms in total. The zero-order chi connectivity index (χ0) is 12.3. The first-order valence-electron chi connectivity index (χ1n) is 6.30. The van der Waals surface area contributed by atoms with Gasteiger partial charge in [-0.05, 0) is 25.1 Å². The second kappa shape index (κ2) is 9.22. The Hall–Kier alpha value is -0.840. The molecule has 98 valence electrons. The van der Waals surface area contributed by atoms with E-state index >= 15 is 0 Å². The van der Waals surface area contributed by atoms with Crippen molar-refractivity contribution in [3.8, 4) is 0 Å². The molecule has 0 spiro atoms. The highest BCUT2D eigenvalue weighted by atomic mass is 16.5. The van der Waals surface area contributed by atoms with Gasteiger partial charge in [-0.3, -0.25) is 0 Å². The molecule has 0 saturated carbocycles. The summed E-state index contributed by atoms with van der Waals surface area (Å²) in [6.07, 6.45) is 3.27. The number of methoxy groups -OCH3 is 1. The van der Waals surface area contributed by atoms with Gasteiger partial charge in [0.15, 0.2) is 0 Å². The Kier molecular flexibility index (Phi) is 7.71. The first-order chi connectivity index (χ1) is 8.38. The summed E-state index contributed by atoms with van der Waals surface area (Å²) in [5.74, 6) is 0. The van der Waals surface area contributed by atoms with E-state index in [1.807, 2.05) is 0 Å². The normalized spacial score (nSPS) is 10.9. The number of nitrogens with one attached hydrogen (secondary N) is 1. The Morgan fingerprint density at radius 3 is 2.94 bits per heavy atom. The van der Waals surface area contributed by atoms with Gasteiger partial charge in [-0.25, -0.2) is 0 Å². The molecular formula is C13H24N2O2. The molecule has 0 radical (unpaired) electrons. The fraction of sp³-hybridized carbons (Fsp3) is 0.692. The molecule has 0 fully saturated rings. The van der Waals surface area contributed by atoms with Crippen LogP contribution in [0.1, 0.15) is 19.0 Å². The summed E-state index contributed by atoms with van der Waals surface area (Å²) in [6, 6.07) is 4.23. The molecule has 4 heteroatoms. The summed E-state index contributed by atoms with van der Waals surface area (Å²) in [4.78, 5) is 0. The van der Waals surface area contributed by atoms with Crippen molar-refractivity contribution in [1.82, 2.24) is 9.88 Å². The molecule has 0 aliphatic heterocycles. The molecule has 17 heavy (non-hydrogen) atoms. The smallest absolute Gasteiger partial charge is 0.0701 e. The minimum absolute atomic E-state index is 0.663. The highest BCUT2D eigenvalue weighted by molar-refractivity contribution is 5.06. The third kappa shape index (κ3) is 5.86. The van der Waals surface area contributed by atoms with E-state index < -0.39 is 0 Å². The minimum Gasteiger partial charge on any atom is -0.382 e. The van der Waals surface area contributed by atoms with E-state index in [1.54, 1.807) is 7.11 Å². The number of rotatable bonds is 10. The van der Waals surface area contributed by atoms with Crippen LogP contribution >= 0.6 is 0 Å². The van der Waals surface area contributed by atoms with Crippen LogP contribution in [0.5, 0.6) is 0 Å². The van der Waals surface area contributed by atoms with Crippen LogP contribution in [0.3, 0.4) is 0 Å². The maximum atomic E-state index is 5.46. The van der Waals surface area contributed by atoms with Crippen molar-refractivity contribution >= 4 is 0 Å². The van der Waals surface area contributed by atoms with Gasteiger partial charge in [-0.2, -0.15) is 0 Å². The van der Waals surface area contributed by atoms with Crippen LogP contribution in [0.4, 0.5) is 0 Å². The van der Waals surface area contributed by atoms with Crippen LogP contribution in [-0.4, -0.2) is 38.0 Å². The standard InChI is InChI=1S/C13H24N2O2/c1-3-6-14-12-13-5-4-7-15(13)8-9-17-11-10-16-2/h4-5,7,14H,3,6,8-12H2,1-2H3. The van der Waals surface area contributed by atoms with E-state index in [0.717, 1.165) is 26.2 Å². The summed E-state index contributed by atoms with van der Waals surface area (Å²) in [6.45, 7) is 7.14. The molecule has 0 bridgehead atoms. The number of aromatic nitrogens is 1. The first-order valence-corrected chi connectivity index (χ1v) is 6.30. The zero-order valence-corrected chi connectivity index (χ0v) is 10.9. The van der Waals surface area contributed by atoms with Gasteiger partial charge in [0.05, 0.1) is 19.8 Å². The molecule has 1 aromatic rings. The summed E-state index contributed by atoms with van der Waals surface area (Å²) in [5.41, 5.74) is 1.31. The molecule has 1 heterocycles. The first kappa shape index (κ1) is 14.2. The fourth-order valence-corrected chi connectivity index (χ4v) is 1.63. The van der Waals surface area contributed by atoms with E-state index in [2.05, 4.69) is 35.1 Å². The topological polar surface area (TPSA) is 35.4 Å². The second-order valence-electron chi connectivity index (χ2n) is 3.97. The number of hydrogen-bond acceptors (Lipinski definition) is 3. The Morgan fingerprint density at radius 2 is 2.18 bits per heavy atom. The van der Waals surface area contributed by atoms with Gasteiger partial charge >= 0.3 is 0 Å². The number of nitrogens with zero attached hydrogens (tertiary/aromatic N) is 1. The van der Waals surface area contributed by atoms with Crippen LogP contribution in [0.25, 0.3) is 0 Å². The third-order valence-corrected chi connectivity index (χ3v) is 2.56. The van der Waals surface area contributed by atoms with Crippen molar-refractivity contribution in [3.05, 3.63) is 24.0 Å². The summed E-state index contributed by atoms with van der Waals surface area (Å²) < 4.78 is 12.6. The Labute approximate surface area is 104 Å². The third-order valence-electron chi connectivity index (χ3n) is 2.56. The van der Waals surface area contributed by atoms with Crippen LogP contribution in [-0.2, 0) is 22.6 Å². The van der Waals surface area contributed by atoms with E-state index in [4.69, 9.17) is 9.47 Å². The summed E-state index contributed by atoms with van der Waals surface area (Å²) in [7, 11) is 1.69. The molecule has 0 aromatic carbocycles. The van der Waals surface area contributed by atoms with E-state index in [0.29, 0.717) is 13.2 Å². The minimum atomic E-state index is 0.663. The van der Waals surface area contributed by atoms with Crippen molar-refractivity contribution in [2.75, 3.05) is 33.5 Å². The fourth-order valence-electron chi connectivity index (χ4n) is 1.63. The largest absolute Gasteiger partial charge is 0.382 e. The quantitative estimate of drug-likeness (QED) is 0.632. The second-order valence-corrected chi connectivity index (χ2v) is 3.97. The molecule has 1 N–H and O–H groups in total. The molecule has 0 unspecified atom stereocenters.